The van der Waals surface area contributed by atoms with Crippen LogP contribution in [0.4, 0.5) is 0 Å². The number of hydrogen-bond acceptors (Lipinski definition) is 4. The van der Waals surface area contributed by atoms with Gasteiger partial charge in [-0.3, -0.25) is 4.79 Å². The molecule has 0 radical (unpaired) electrons. The molecule has 1 amide bonds. The first-order valence-corrected chi connectivity index (χ1v) is 5.61. The molecule has 100 valence electrons. The van der Waals surface area contributed by atoms with Crippen LogP contribution in [-0.2, 0) is 11.3 Å². The van der Waals surface area contributed by atoms with Crippen molar-refractivity contribution >= 4 is 11.9 Å². The van der Waals surface area contributed by atoms with Crippen LogP contribution in [0.5, 0.6) is 0 Å². The number of hydrogen-bond donors (Lipinski definition) is 3. The first kappa shape index (κ1) is 14.2. The SMILES string of the molecule is CNC(=O)C(C)(C)CNCc1ccoc1C(=O)O. The van der Waals surface area contributed by atoms with Crippen molar-refractivity contribution in [1.29, 1.82) is 0 Å². The summed E-state index contributed by atoms with van der Waals surface area (Å²) in [5.41, 5.74) is 0.0113. The molecule has 0 saturated heterocycles. The van der Waals surface area contributed by atoms with E-state index in [0.29, 0.717) is 18.7 Å². The topological polar surface area (TPSA) is 91.6 Å². The second-order valence-electron chi connectivity index (χ2n) is 4.65. The second-order valence-corrected chi connectivity index (χ2v) is 4.65. The van der Waals surface area contributed by atoms with E-state index in [1.807, 2.05) is 13.8 Å². The van der Waals surface area contributed by atoms with Crippen LogP contribution in [0.1, 0.15) is 30.0 Å². The monoisotopic (exact) mass is 254 g/mol. The number of carbonyl (C=O) groups is 2. The van der Waals surface area contributed by atoms with Gasteiger partial charge in [-0.2, -0.15) is 0 Å². The van der Waals surface area contributed by atoms with Crippen molar-refractivity contribution in [3.05, 3.63) is 23.7 Å². The van der Waals surface area contributed by atoms with Gasteiger partial charge < -0.3 is 20.2 Å². The summed E-state index contributed by atoms with van der Waals surface area (Å²) in [5, 5.41) is 14.5. The maximum absolute atomic E-state index is 11.5. The van der Waals surface area contributed by atoms with Crippen LogP contribution in [0, 0.1) is 5.41 Å². The zero-order valence-corrected chi connectivity index (χ0v) is 10.7. The quantitative estimate of drug-likeness (QED) is 0.699. The van der Waals surface area contributed by atoms with Crippen LogP contribution in [0.15, 0.2) is 16.7 Å². The normalized spacial score (nSPS) is 11.3. The minimum atomic E-state index is -1.10. The predicted molar refractivity (Wildman–Crippen MR) is 65.2 cm³/mol. The van der Waals surface area contributed by atoms with Gasteiger partial charge in [-0.1, -0.05) is 0 Å². The number of carbonyl (C=O) groups excluding carboxylic acids is 1. The fourth-order valence-electron chi connectivity index (χ4n) is 1.59. The van der Waals surface area contributed by atoms with E-state index in [4.69, 9.17) is 9.52 Å². The largest absolute Gasteiger partial charge is 0.475 e. The van der Waals surface area contributed by atoms with Crippen molar-refractivity contribution in [2.45, 2.75) is 20.4 Å². The molecule has 1 aromatic rings. The molecular weight excluding hydrogens is 236 g/mol. The maximum Gasteiger partial charge on any atom is 0.372 e. The summed E-state index contributed by atoms with van der Waals surface area (Å²) in [6.45, 7) is 4.41. The maximum atomic E-state index is 11.5. The van der Waals surface area contributed by atoms with Crippen LogP contribution in [0.3, 0.4) is 0 Å². The lowest BCUT2D eigenvalue weighted by Crippen LogP contribution is -2.41. The Morgan fingerprint density at radius 2 is 2.11 bits per heavy atom. The lowest BCUT2D eigenvalue weighted by molar-refractivity contribution is -0.128. The Labute approximate surface area is 105 Å². The first-order chi connectivity index (χ1) is 8.38. The zero-order chi connectivity index (χ0) is 13.8. The average Bonchev–Trinajstić information content (AvgIpc) is 2.76. The van der Waals surface area contributed by atoms with Gasteiger partial charge in [0.2, 0.25) is 11.7 Å². The van der Waals surface area contributed by atoms with Gasteiger partial charge in [-0.15, -0.1) is 0 Å². The summed E-state index contributed by atoms with van der Waals surface area (Å²) in [7, 11) is 1.59. The van der Waals surface area contributed by atoms with Crippen LogP contribution < -0.4 is 10.6 Å². The van der Waals surface area contributed by atoms with Crippen molar-refractivity contribution in [3.8, 4) is 0 Å². The highest BCUT2D eigenvalue weighted by Gasteiger charge is 2.26. The smallest absolute Gasteiger partial charge is 0.372 e. The molecule has 0 aliphatic carbocycles. The van der Waals surface area contributed by atoms with E-state index in [2.05, 4.69) is 10.6 Å². The van der Waals surface area contributed by atoms with Crippen molar-refractivity contribution in [2.75, 3.05) is 13.6 Å². The third-order valence-electron chi connectivity index (χ3n) is 2.67. The van der Waals surface area contributed by atoms with Crippen LogP contribution >= 0.6 is 0 Å². The molecule has 0 atom stereocenters. The van der Waals surface area contributed by atoms with E-state index >= 15 is 0 Å². The minimum absolute atomic E-state index is 0.0688. The third kappa shape index (κ3) is 3.33. The molecule has 6 nitrogen and oxygen atoms in total. The number of furan rings is 1. The molecule has 0 bridgehead atoms. The van der Waals surface area contributed by atoms with Gasteiger partial charge >= 0.3 is 5.97 Å². The Morgan fingerprint density at radius 1 is 1.44 bits per heavy atom. The van der Waals surface area contributed by atoms with Gasteiger partial charge in [0.05, 0.1) is 11.7 Å². The minimum Gasteiger partial charge on any atom is -0.475 e. The molecule has 3 N–H and O–H groups in total. The molecule has 0 fully saturated rings. The Bertz CT molecular complexity index is 437. The standard InChI is InChI=1S/C12H18N2O4/c1-12(2,11(17)13-3)7-14-6-8-4-5-18-9(8)10(15)16/h4-5,14H,6-7H2,1-3H3,(H,13,17)(H,15,16). The number of amides is 1. The molecule has 18 heavy (non-hydrogen) atoms. The van der Waals surface area contributed by atoms with Gasteiger partial charge in [0.1, 0.15) is 0 Å². The van der Waals surface area contributed by atoms with Crippen molar-refractivity contribution in [1.82, 2.24) is 10.6 Å². The van der Waals surface area contributed by atoms with Crippen molar-refractivity contribution < 1.29 is 19.1 Å². The molecule has 0 saturated carbocycles. The number of rotatable bonds is 6. The summed E-state index contributed by atoms with van der Waals surface area (Å²) < 4.78 is 4.86. The van der Waals surface area contributed by atoms with E-state index in [0.717, 1.165) is 0 Å². The van der Waals surface area contributed by atoms with Crippen LogP contribution in [0.25, 0.3) is 0 Å². The van der Waals surface area contributed by atoms with E-state index < -0.39 is 11.4 Å². The van der Waals surface area contributed by atoms with E-state index in [9.17, 15) is 9.59 Å². The number of nitrogens with one attached hydrogen (secondary N) is 2. The fraction of sp³-hybridized carbons (Fsp3) is 0.500. The second kappa shape index (κ2) is 5.68. The van der Waals surface area contributed by atoms with Crippen LogP contribution in [0.2, 0.25) is 0 Å². The Balaban J connectivity index is 2.54. The number of aromatic carboxylic acids is 1. The molecule has 1 aromatic heterocycles. The highest BCUT2D eigenvalue weighted by Crippen LogP contribution is 2.15. The van der Waals surface area contributed by atoms with Gasteiger partial charge in [0.15, 0.2) is 0 Å². The Kier molecular flexibility index (Phi) is 4.49. The molecular formula is C12H18N2O4. The lowest BCUT2D eigenvalue weighted by Gasteiger charge is -2.22. The van der Waals surface area contributed by atoms with E-state index in [1.54, 1.807) is 13.1 Å². The van der Waals surface area contributed by atoms with Gasteiger partial charge in [0.25, 0.3) is 0 Å². The van der Waals surface area contributed by atoms with Crippen molar-refractivity contribution in [2.24, 2.45) is 5.41 Å². The highest BCUT2D eigenvalue weighted by atomic mass is 16.4. The highest BCUT2D eigenvalue weighted by molar-refractivity contribution is 5.86. The number of carboxylic acids is 1. The molecule has 0 spiro atoms. The Hall–Kier alpha value is -1.82. The summed E-state index contributed by atoms with van der Waals surface area (Å²) in [5.74, 6) is -1.23. The Morgan fingerprint density at radius 3 is 2.67 bits per heavy atom. The molecule has 6 heteroatoms. The van der Waals surface area contributed by atoms with Gasteiger partial charge in [0, 0.05) is 25.7 Å². The third-order valence-corrected chi connectivity index (χ3v) is 2.67. The summed E-state index contributed by atoms with van der Waals surface area (Å²) in [4.78, 5) is 22.3. The zero-order valence-electron chi connectivity index (χ0n) is 10.7. The molecule has 0 unspecified atom stereocenters. The average molecular weight is 254 g/mol. The predicted octanol–water partition coefficient (Wildman–Crippen LogP) is 0.840. The molecule has 0 aromatic carbocycles. The molecule has 1 heterocycles. The van der Waals surface area contributed by atoms with E-state index in [-0.39, 0.29) is 11.7 Å². The molecule has 0 aliphatic heterocycles. The number of carboxylic acid groups (broad SMARTS) is 1. The lowest BCUT2D eigenvalue weighted by atomic mass is 9.92. The van der Waals surface area contributed by atoms with Crippen LogP contribution in [-0.4, -0.2) is 30.6 Å². The summed E-state index contributed by atoms with van der Waals surface area (Å²) >= 11 is 0. The van der Waals surface area contributed by atoms with Gasteiger partial charge in [-0.05, 0) is 19.9 Å². The fourth-order valence-corrected chi connectivity index (χ4v) is 1.59. The van der Waals surface area contributed by atoms with E-state index in [1.165, 1.54) is 6.26 Å². The first-order valence-electron chi connectivity index (χ1n) is 5.61. The molecule has 1 rings (SSSR count). The summed E-state index contributed by atoms with van der Waals surface area (Å²) in [6.07, 6.45) is 1.34. The molecule has 0 aliphatic rings. The summed E-state index contributed by atoms with van der Waals surface area (Å²) in [6, 6.07) is 1.60. The van der Waals surface area contributed by atoms with Gasteiger partial charge in [-0.25, -0.2) is 4.79 Å². The van der Waals surface area contributed by atoms with Crippen molar-refractivity contribution in [3.63, 3.8) is 0 Å².